The molecule has 0 aliphatic carbocycles. The van der Waals surface area contributed by atoms with Crippen LogP contribution in [-0.4, -0.2) is 25.4 Å². The summed E-state index contributed by atoms with van der Waals surface area (Å²) in [6, 6.07) is 6.70. The summed E-state index contributed by atoms with van der Waals surface area (Å²) in [6.07, 6.45) is 0. The van der Waals surface area contributed by atoms with Gasteiger partial charge < -0.3 is 5.11 Å². The highest BCUT2D eigenvalue weighted by Gasteiger charge is 2.20. The Hall–Kier alpha value is -2.02. The molecule has 1 atom stereocenters. The summed E-state index contributed by atoms with van der Waals surface area (Å²) in [5, 5.41) is 16.2. The van der Waals surface area contributed by atoms with E-state index < -0.39 is 15.3 Å². The molecule has 19 heavy (non-hydrogen) atoms. The monoisotopic (exact) mass is 278 g/mol. The molecule has 0 aliphatic heterocycles. The second-order valence-corrected chi connectivity index (χ2v) is 5.91. The van der Waals surface area contributed by atoms with E-state index in [9.17, 15) is 8.42 Å². The zero-order valence-electron chi connectivity index (χ0n) is 10.6. The summed E-state index contributed by atoms with van der Waals surface area (Å²) in [5.41, 5.74) is 1.69. The number of rotatable bonds is 3. The average Bonchev–Trinajstić information content (AvgIpc) is 2.38. The molecule has 2 N–H and O–H groups in total. The fourth-order valence-electron chi connectivity index (χ4n) is 1.26. The molecule has 5 nitrogen and oxygen atoms in total. The molecule has 1 unspecified atom stereocenters. The van der Waals surface area contributed by atoms with Gasteiger partial charge in [0.25, 0.3) is 0 Å². The number of nitrogens with zero attached hydrogens (tertiary/aromatic N) is 1. The first-order valence-electron chi connectivity index (χ1n) is 5.52. The van der Waals surface area contributed by atoms with Crippen LogP contribution in [0.5, 0.6) is 0 Å². The minimum absolute atomic E-state index is 0.263. The van der Waals surface area contributed by atoms with E-state index in [1.54, 1.807) is 31.2 Å². The average molecular weight is 278 g/mol. The highest BCUT2D eigenvalue weighted by atomic mass is 32.2. The predicted molar refractivity (Wildman–Crippen MR) is 72.8 cm³/mol. The van der Waals surface area contributed by atoms with E-state index in [-0.39, 0.29) is 6.61 Å². The Kier molecular flexibility index (Phi) is 4.94. The van der Waals surface area contributed by atoms with Gasteiger partial charge in [0.05, 0.1) is 11.8 Å². The Bertz CT molecular complexity index is 663. The number of nitrogens with one attached hydrogen (secondary N) is 1. The molecule has 100 valence electrons. The van der Waals surface area contributed by atoms with Gasteiger partial charge in [-0.25, -0.2) is 8.42 Å². The lowest BCUT2D eigenvalue weighted by molar-refractivity contribution is 0.350. The molecule has 1 aromatic rings. The zero-order chi connectivity index (χ0) is 14.5. The molecular formula is C13H14N2O3S. The molecule has 1 aromatic carbocycles. The van der Waals surface area contributed by atoms with Crippen LogP contribution in [-0.2, 0) is 10.0 Å². The first-order chi connectivity index (χ1) is 8.90. The van der Waals surface area contributed by atoms with E-state index in [1.807, 2.05) is 0 Å². The van der Waals surface area contributed by atoms with Crippen LogP contribution in [0.2, 0.25) is 0 Å². The molecule has 0 aliphatic rings. The van der Waals surface area contributed by atoms with Gasteiger partial charge >= 0.3 is 0 Å². The molecule has 0 fully saturated rings. The van der Waals surface area contributed by atoms with Crippen molar-refractivity contribution in [2.45, 2.75) is 19.1 Å². The highest BCUT2D eigenvalue weighted by Crippen LogP contribution is 2.19. The van der Waals surface area contributed by atoms with Crippen molar-refractivity contribution in [2.24, 2.45) is 0 Å². The number of aryl methyl sites for hydroxylation is 1. The molecule has 0 amide bonds. The van der Waals surface area contributed by atoms with Crippen LogP contribution in [0.4, 0.5) is 5.69 Å². The van der Waals surface area contributed by atoms with E-state index in [2.05, 4.69) is 16.6 Å². The summed E-state index contributed by atoms with van der Waals surface area (Å²) in [5.74, 6) is 5.18. The van der Waals surface area contributed by atoms with Crippen molar-refractivity contribution in [3.05, 3.63) is 29.3 Å². The van der Waals surface area contributed by atoms with Gasteiger partial charge in [-0.3, -0.25) is 4.72 Å². The van der Waals surface area contributed by atoms with Gasteiger partial charge in [-0.1, -0.05) is 17.9 Å². The third-order valence-electron chi connectivity index (χ3n) is 2.45. The van der Waals surface area contributed by atoms with Gasteiger partial charge in [0, 0.05) is 5.56 Å². The molecule has 6 heteroatoms. The minimum atomic E-state index is -3.73. The SMILES string of the molecule is Cc1ccc(C#CCO)cc1NS(=O)(=O)C(C)C#N. The number of aliphatic hydroxyl groups is 1. The number of hydrogen-bond donors (Lipinski definition) is 2. The van der Waals surface area contributed by atoms with Crippen molar-refractivity contribution in [1.82, 2.24) is 0 Å². The maximum absolute atomic E-state index is 11.8. The molecular weight excluding hydrogens is 264 g/mol. The van der Waals surface area contributed by atoms with E-state index in [0.717, 1.165) is 5.56 Å². The first-order valence-corrected chi connectivity index (χ1v) is 7.07. The van der Waals surface area contributed by atoms with Gasteiger partial charge in [0.1, 0.15) is 6.61 Å². The predicted octanol–water partition coefficient (Wildman–Crippen LogP) is 0.993. The standard InChI is InChI=1S/C13H14N2O3S/c1-10-5-6-12(4-3-7-16)8-13(10)15-19(17,18)11(2)9-14/h5-6,8,11,15-16H,7H2,1-2H3. The van der Waals surface area contributed by atoms with Gasteiger partial charge in [0.2, 0.25) is 10.0 Å². The van der Waals surface area contributed by atoms with E-state index >= 15 is 0 Å². The third-order valence-corrected chi connectivity index (χ3v) is 3.99. The zero-order valence-corrected chi connectivity index (χ0v) is 11.5. The molecule has 0 saturated carbocycles. The lowest BCUT2D eigenvalue weighted by Gasteiger charge is -2.11. The van der Waals surface area contributed by atoms with Crippen molar-refractivity contribution >= 4 is 15.7 Å². The number of benzene rings is 1. The van der Waals surface area contributed by atoms with Gasteiger partial charge in [0.15, 0.2) is 5.25 Å². The van der Waals surface area contributed by atoms with E-state index in [0.29, 0.717) is 11.3 Å². The lowest BCUT2D eigenvalue weighted by atomic mass is 10.1. The second-order valence-electron chi connectivity index (χ2n) is 3.91. The summed E-state index contributed by atoms with van der Waals surface area (Å²) >= 11 is 0. The second kappa shape index (κ2) is 6.24. The fourth-order valence-corrected chi connectivity index (χ4v) is 2.10. The van der Waals surface area contributed by atoms with Crippen LogP contribution < -0.4 is 4.72 Å². The van der Waals surface area contributed by atoms with Gasteiger partial charge in [-0.15, -0.1) is 0 Å². The lowest BCUT2D eigenvalue weighted by Crippen LogP contribution is -2.24. The number of aliphatic hydroxyl groups excluding tert-OH is 1. The Labute approximate surface area is 112 Å². The van der Waals surface area contributed by atoms with Crippen LogP contribution >= 0.6 is 0 Å². The number of anilines is 1. The van der Waals surface area contributed by atoms with Crippen LogP contribution in [0.25, 0.3) is 0 Å². The van der Waals surface area contributed by atoms with Crippen LogP contribution in [0.15, 0.2) is 18.2 Å². The topological polar surface area (TPSA) is 90.2 Å². The summed E-state index contributed by atoms with van der Waals surface area (Å²) in [6.45, 7) is 2.80. The Morgan fingerprint density at radius 3 is 2.74 bits per heavy atom. The van der Waals surface area contributed by atoms with Crippen LogP contribution in [0, 0.1) is 30.1 Å². The summed E-state index contributed by atoms with van der Waals surface area (Å²) in [7, 11) is -3.73. The molecule has 0 saturated heterocycles. The van der Waals surface area contributed by atoms with E-state index in [1.165, 1.54) is 6.92 Å². The Morgan fingerprint density at radius 1 is 1.47 bits per heavy atom. The molecule has 0 heterocycles. The van der Waals surface area contributed by atoms with Crippen molar-refractivity contribution in [3.8, 4) is 17.9 Å². The molecule has 0 bridgehead atoms. The number of hydrogen-bond acceptors (Lipinski definition) is 4. The number of nitriles is 1. The molecule has 1 rings (SSSR count). The Balaban J connectivity index is 3.12. The van der Waals surface area contributed by atoms with Crippen molar-refractivity contribution in [1.29, 1.82) is 5.26 Å². The van der Waals surface area contributed by atoms with Crippen molar-refractivity contribution < 1.29 is 13.5 Å². The maximum atomic E-state index is 11.8. The molecule has 0 radical (unpaired) electrons. The van der Waals surface area contributed by atoms with Gasteiger partial charge in [-0.2, -0.15) is 5.26 Å². The fraction of sp³-hybridized carbons (Fsp3) is 0.308. The quantitative estimate of drug-likeness (QED) is 0.807. The van der Waals surface area contributed by atoms with Crippen LogP contribution in [0.1, 0.15) is 18.1 Å². The van der Waals surface area contributed by atoms with Crippen molar-refractivity contribution in [2.75, 3.05) is 11.3 Å². The normalized spacial score (nSPS) is 11.9. The van der Waals surface area contributed by atoms with E-state index in [4.69, 9.17) is 10.4 Å². The first kappa shape index (κ1) is 15.0. The largest absolute Gasteiger partial charge is 0.384 e. The summed E-state index contributed by atoms with van der Waals surface area (Å²) < 4.78 is 26.0. The summed E-state index contributed by atoms with van der Waals surface area (Å²) in [4.78, 5) is 0. The van der Waals surface area contributed by atoms with Crippen molar-refractivity contribution in [3.63, 3.8) is 0 Å². The maximum Gasteiger partial charge on any atom is 0.248 e. The smallest absolute Gasteiger partial charge is 0.248 e. The number of sulfonamides is 1. The van der Waals surface area contributed by atoms with Gasteiger partial charge in [-0.05, 0) is 31.5 Å². The molecule has 0 aromatic heterocycles. The Morgan fingerprint density at radius 2 is 2.16 bits per heavy atom. The third kappa shape index (κ3) is 3.99. The van der Waals surface area contributed by atoms with Crippen LogP contribution in [0.3, 0.4) is 0 Å². The molecule has 0 spiro atoms. The minimum Gasteiger partial charge on any atom is -0.384 e. The highest BCUT2D eigenvalue weighted by molar-refractivity contribution is 7.93.